The van der Waals surface area contributed by atoms with Crippen LogP contribution in [0.3, 0.4) is 0 Å². The van der Waals surface area contributed by atoms with E-state index >= 15 is 0 Å². The first-order valence-corrected chi connectivity index (χ1v) is 9.78. The van der Waals surface area contributed by atoms with Gasteiger partial charge in [-0.2, -0.15) is 4.31 Å². The monoisotopic (exact) mass is 371 g/mol. The van der Waals surface area contributed by atoms with Gasteiger partial charge in [-0.05, 0) is 24.8 Å². The number of carbonyl (C=O) groups excluding carboxylic acids is 1. The largest absolute Gasteiger partial charge is 0.480 e. The predicted molar refractivity (Wildman–Crippen MR) is 91.8 cm³/mol. The Morgan fingerprint density at radius 1 is 1.20 bits per heavy atom. The van der Waals surface area contributed by atoms with Gasteiger partial charge in [-0.3, -0.25) is 4.79 Å². The Bertz CT molecular complexity index is 748. The molecule has 2 rings (SSSR count). The van der Waals surface area contributed by atoms with Crippen LogP contribution in [-0.2, 0) is 21.9 Å². The number of carboxylic acids is 1. The number of aromatic nitrogens is 1. The van der Waals surface area contributed by atoms with E-state index < -0.39 is 27.9 Å². The van der Waals surface area contributed by atoms with Gasteiger partial charge in [0, 0.05) is 26.3 Å². The third kappa shape index (κ3) is 4.21. The first kappa shape index (κ1) is 19.5. The summed E-state index contributed by atoms with van der Waals surface area (Å²) in [6.07, 6.45) is 4.06. The Morgan fingerprint density at radius 3 is 2.32 bits per heavy atom. The maximum atomic E-state index is 12.7. The summed E-state index contributed by atoms with van der Waals surface area (Å²) in [7, 11) is -2.08. The second-order valence-corrected chi connectivity index (χ2v) is 8.61. The molecule has 140 valence electrons. The summed E-state index contributed by atoms with van der Waals surface area (Å²) < 4.78 is 28.2. The number of carbonyl (C=O) groups is 2. The highest BCUT2D eigenvalue weighted by Gasteiger charge is 2.30. The van der Waals surface area contributed by atoms with Gasteiger partial charge in [-0.1, -0.05) is 20.3 Å². The quantitative estimate of drug-likeness (QED) is 0.777. The maximum Gasteiger partial charge on any atom is 0.326 e. The third-order valence-electron chi connectivity index (χ3n) is 4.38. The van der Waals surface area contributed by atoms with Crippen LogP contribution < -0.4 is 5.32 Å². The molecule has 0 saturated carbocycles. The van der Waals surface area contributed by atoms with E-state index in [1.54, 1.807) is 20.9 Å². The molecule has 1 aromatic rings. The van der Waals surface area contributed by atoms with Crippen LogP contribution >= 0.6 is 0 Å². The highest BCUT2D eigenvalue weighted by atomic mass is 32.2. The van der Waals surface area contributed by atoms with Crippen molar-refractivity contribution in [3.05, 3.63) is 18.0 Å². The molecule has 1 atom stereocenters. The van der Waals surface area contributed by atoms with Gasteiger partial charge in [0.05, 0.1) is 0 Å². The molecular formula is C16H25N3O5S. The lowest BCUT2D eigenvalue weighted by atomic mass is 10.0. The lowest BCUT2D eigenvalue weighted by Gasteiger charge is -2.25. The molecule has 1 aliphatic rings. The molecule has 1 fully saturated rings. The third-order valence-corrected chi connectivity index (χ3v) is 6.25. The van der Waals surface area contributed by atoms with Gasteiger partial charge in [0.15, 0.2) is 0 Å². The Morgan fingerprint density at radius 2 is 1.80 bits per heavy atom. The van der Waals surface area contributed by atoms with Gasteiger partial charge in [-0.25, -0.2) is 13.2 Å². The van der Waals surface area contributed by atoms with Gasteiger partial charge in [0.25, 0.3) is 5.91 Å². The summed E-state index contributed by atoms with van der Waals surface area (Å²) in [6, 6.07) is 0.267. The van der Waals surface area contributed by atoms with Crippen molar-refractivity contribution >= 4 is 21.9 Å². The van der Waals surface area contributed by atoms with Crippen LogP contribution in [0.15, 0.2) is 17.2 Å². The number of rotatable bonds is 6. The second-order valence-electron chi connectivity index (χ2n) is 6.67. The second kappa shape index (κ2) is 7.57. The minimum atomic E-state index is -3.64. The molecular weight excluding hydrogens is 346 g/mol. The average molecular weight is 371 g/mol. The molecule has 0 bridgehead atoms. The van der Waals surface area contributed by atoms with E-state index in [1.165, 1.54) is 21.1 Å². The number of hydrogen-bond donors (Lipinski definition) is 2. The van der Waals surface area contributed by atoms with Crippen LogP contribution in [0.1, 0.15) is 43.6 Å². The van der Waals surface area contributed by atoms with Crippen LogP contribution in [0.25, 0.3) is 0 Å². The van der Waals surface area contributed by atoms with Crippen molar-refractivity contribution in [3.8, 4) is 0 Å². The Hall–Kier alpha value is -1.87. The predicted octanol–water partition coefficient (Wildman–Crippen LogP) is 1.04. The Labute approximate surface area is 147 Å². The number of aryl methyl sites for hydroxylation is 1. The van der Waals surface area contributed by atoms with Crippen LogP contribution in [-0.4, -0.2) is 53.4 Å². The maximum absolute atomic E-state index is 12.7. The van der Waals surface area contributed by atoms with Crippen molar-refractivity contribution < 1.29 is 23.1 Å². The molecule has 1 saturated heterocycles. The lowest BCUT2D eigenvalue weighted by Crippen LogP contribution is -2.44. The molecule has 2 heterocycles. The van der Waals surface area contributed by atoms with Crippen LogP contribution in [0.5, 0.6) is 0 Å². The van der Waals surface area contributed by atoms with E-state index in [1.807, 2.05) is 0 Å². The van der Waals surface area contributed by atoms with E-state index in [-0.39, 0.29) is 16.5 Å². The smallest absolute Gasteiger partial charge is 0.326 e. The van der Waals surface area contributed by atoms with Crippen molar-refractivity contribution in [2.75, 3.05) is 13.1 Å². The highest BCUT2D eigenvalue weighted by molar-refractivity contribution is 7.89. The van der Waals surface area contributed by atoms with E-state index in [0.29, 0.717) is 13.1 Å². The standard InChI is InChI=1S/C16H25N3O5S/c1-11(2)14(16(21)22)17-15(20)13-9-12(10-18(13)3)25(23,24)19-7-5-4-6-8-19/h9-11,14H,4-8H2,1-3H3,(H,17,20)(H,21,22)/t14-/m1/s1. The molecule has 9 heteroatoms. The van der Waals surface area contributed by atoms with Gasteiger partial charge in [-0.15, -0.1) is 0 Å². The summed E-state index contributed by atoms with van der Waals surface area (Å²) in [5.74, 6) is -2.03. The molecule has 1 aliphatic heterocycles. The fraction of sp³-hybridized carbons (Fsp3) is 0.625. The SMILES string of the molecule is CC(C)[C@@H](NC(=O)c1cc(S(=O)(=O)N2CCCCC2)cn1C)C(=O)O. The normalized spacial score (nSPS) is 17.4. The molecule has 0 aliphatic carbocycles. The lowest BCUT2D eigenvalue weighted by molar-refractivity contribution is -0.140. The number of nitrogens with zero attached hydrogens (tertiary/aromatic N) is 2. The molecule has 0 spiro atoms. The van der Waals surface area contributed by atoms with Gasteiger partial charge >= 0.3 is 5.97 Å². The first-order valence-electron chi connectivity index (χ1n) is 8.34. The van der Waals surface area contributed by atoms with Gasteiger partial charge in [0.2, 0.25) is 10.0 Å². The number of hydrogen-bond acceptors (Lipinski definition) is 4. The zero-order chi connectivity index (χ0) is 18.8. The van der Waals surface area contributed by atoms with Crippen molar-refractivity contribution in [1.82, 2.24) is 14.2 Å². The molecule has 0 unspecified atom stereocenters. The van der Waals surface area contributed by atoms with Crippen molar-refractivity contribution in [3.63, 3.8) is 0 Å². The van der Waals surface area contributed by atoms with E-state index in [2.05, 4.69) is 5.32 Å². The molecule has 1 amide bonds. The number of aliphatic carboxylic acids is 1. The summed E-state index contributed by atoms with van der Waals surface area (Å²) in [6.45, 7) is 4.34. The van der Waals surface area contributed by atoms with E-state index in [9.17, 15) is 23.1 Å². The molecule has 0 radical (unpaired) electrons. The van der Waals surface area contributed by atoms with Gasteiger partial charge < -0.3 is 15.0 Å². The Balaban J connectivity index is 2.24. The zero-order valence-corrected chi connectivity index (χ0v) is 15.5. The number of sulfonamides is 1. The van der Waals surface area contributed by atoms with Crippen molar-refractivity contribution in [2.24, 2.45) is 13.0 Å². The van der Waals surface area contributed by atoms with Crippen LogP contribution in [0.4, 0.5) is 0 Å². The summed E-state index contributed by atoms with van der Waals surface area (Å²) in [5.41, 5.74) is 0.113. The summed E-state index contributed by atoms with van der Waals surface area (Å²) in [5, 5.41) is 11.6. The number of carboxylic acid groups (broad SMARTS) is 1. The molecule has 25 heavy (non-hydrogen) atoms. The number of piperidine rings is 1. The molecule has 1 aromatic heterocycles. The molecule has 8 nitrogen and oxygen atoms in total. The summed E-state index contributed by atoms with van der Waals surface area (Å²) in [4.78, 5) is 23.7. The first-order chi connectivity index (χ1) is 11.6. The molecule has 0 aromatic carbocycles. The van der Waals surface area contributed by atoms with Crippen molar-refractivity contribution in [2.45, 2.75) is 44.0 Å². The van der Waals surface area contributed by atoms with Crippen LogP contribution in [0, 0.1) is 5.92 Å². The fourth-order valence-electron chi connectivity index (χ4n) is 2.88. The van der Waals surface area contributed by atoms with Crippen LogP contribution in [0.2, 0.25) is 0 Å². The average Bonchev–Trinajstić information content (AvgIpc) is 2.95. The summed E-state index contributed by atoms with van der Waals surface area (Å²) >= 11 is 0. The van der Waals surface area contributed by atoms with E-state index in [0.717, 1.165) is 19.3 Å². The van der Waals surface area contributed by atoms with E-state index in [4.69, 9.17) is 0 Å². The highest BCUT2D eigenvalue weighted by Crippen LogP contribution is 2.22. The minimum absolute atomic E-state index is 0.0541. The minimum Gasteiger partial charge on any atom is -0.480 e. The zero-order valence-electron chi connectivity index (χ0n) is 14.7. The van der Waals surface area contributed by atoms with Crippen molar-refractivity contribution in [1.29, 1.82) is 0 Å². The van der Waals surface area contributed by atoms with Gasteiger partial charge in [0.1, 0.15) is 16.6 Å². The molecule has 2 N–H and O–H groups in total. The number of nitrogens with one attached hydrogen (secondary N) is 1. The topological polar surface area (TPSA) is 109 Å². The number of amides is 1. The fourth-order valence-corrected chi connectivity index (χ4v) is 4.47. The Kier molecular flexibility index (Phi) is 5.89.